The van der Waals surface area contributed by atoms with E-state index in [1.165, 1.54) is 0 Å². The van der Waals surface area contributed by atoms with E-state index >= 15 is 0 Å². The van der Waals surface area contributed by atoms with Crippen LogP contribution in [-0.4, -0.2) is 40.6 Å². The van der Waals surface area contributed by atoms with Gasteiger partial charge in [0.1, 0.15) is 24.7 Å². The van der Waals surface area contributed by atoms with Crippen molar-refractivity contribution in [2.75, 3.05) is 40.6 Å². The lowest BCUT2D eigenvalue weighted by Crippen LogP contribution is -2.04. The molecule has 4 heteroatoms. The maximum Gasteiger partial charge on any atom is 0.120 e. The van der Waals surface area contributed by atoms with E-state index in [1.807, 2.05) is 36.4 Å². The largest absolute Gasteiger partial charge is 0.491 e. The van der Waals surface area contributed by atoms with Crippen molar-refractivity contribution in [2.24, 2.45) is 0 Å². The number of benzene rings is 2. The highest BCUT2D eigenvalue weighted by Gasteiger charge is 2.00. The van der Waals surface area contributed by atoms with Crippen molar-refractivity contribution in [3.05, 3.63) is 36.4 Å². The average molecular weight is 276 g/mol. The van der Waals surface area contributed by atoms with E-state index in [0.29, 0.717) is 26.4 Å². The van der Waals surface area contributed by atoms with Crippen molar-refractivity contribution in [3.63, 3.8) is 0 Å². The normalized spacial score (nSPS) is 10.7. The Morgan fingerprint density at radius 3 is 1.60 bits per heavy atom. The topological polar surface area (TPSA) is 36.9 Å². The van der Waals surface area contributed by atoms with E-state index < -0.39 is 0 Å². The lowest BCUT2D eigenvalue weighted by Gasteiger charge is -2.09. The number of hydrogen-bond acceptors (Lipinski definition) is 4. The summed E-state index contributed by atoms with van der Waals surface area (Å²) < 4.78 is 21.2. The highest BCUT2D eigenvalue weighted by Crippen LogP contribution is 2.25. The molecule has 0 spiro atoms. The standard InChI is InChI=1S/C16H20O4/c1-17-7-9-19-15-5-3-13-4-6-16(12-14(13)11-15)20-10-8-18-2/h3-6,11-12H,7-10H2,1-2H3. The molecule has 0 atom stereocenters. The third kappa shape index (κ3) is 4.11. The minimum Gasteiger partial charge on any atom is -0.491 e. The van der Waals surface area contributed by atoms with Gasteiger partial charge in [-0.15, -0.1) is 0 Å². The summed E-state index contributed by atoms with van der Waals surface area (Å²) in [5.41, 5.74) is 0. The molecule has 4 nitrogen and oxygen atoms in total. The Kier molecular flexibility index (Phi) is 5.65. The van der Waals surface area contributed by atoms with Gasteiger partial charge in [0, 0.05) is 14.2 Å². The molecular formula is C16H20O4. The van der Waals surface area contributed by atoms with Gasteiger partial charge in [0.15, 0.2) is 0 Å². The second-order valence-electron chi connectivity index (χ2n) is 4.35. The van der Waals surface area contributed by atoms with Gasteiger partial charge < -0.3 is 18.9 Å². The molecular weight excluding hydrogens is 256 g/mol. The van der Waals surface area contributed by atoms with E-state index in [0.717, 1.165) is 22.3 Å². The molecule has 0 saturated carbocycles. The van der Waals surface area contributed by atoms with Crippen LogP contribution in [0.5, 0.6) is 11.5 Å². The number of rotatable bonds is 8. The predicted molar refractivity (Wildman–Crippen MR) is 78.7 cm³/mol. The van der Waals surface area contributed by atoms with Crippen LogP contribution in [0.1, 0.15) is 0 Å². The van der Waals surface area contributed by atoms with Crippen molar-refractivity contribution in [1.29, 1.82) is 0 Å². The Morgan fingerprint density at radius 1 is 0.650 bits per heavy atom. The fourth-order valence-electron chi connectivity index (χ4n) is 1.87. The van der Waals surface area contributed by atoms with Crippen LogP contribution in [0.25, 0.3) is 10.8 Å². The molecule has 2 aromatic carbocycles. The molecule has 108 valence electrons. The van der Waals surface area contributed by atoms with E-state index in [2.05, 4.69) is 0 Å². The van der Waals surface area contributed by atoms with Crippen LogP contribution in [0.15, 0.2) is 36.4 Å². The number of ether oxygens (including phenoxy) is 4. The molecule has 0 aromatic heterocycles. The lowest BCUT2D eigenvalue weighted by molar-refractivity contribution is 0.146. The van der Waals surface area contributed by atoms with Crippen molar-refractivity contribution in [3.8, 4) is 11.5 Å². The second kappa shape index (κ2) is 7.72. The summed E-state index contributed by atoms with van der Waals surface area (Å²) in [6, 6.07) is 12.0. The van der Waals surface area contributed by atoms with Crippen molar-refractivity contribution in [1.82, 2.24) is 0 Å². The van der Waals surface area contributed by atoms with Crippen LogP contribution in [0.2, 0.25) is 0 Å². The fraction of sp³-hybridized carbons (Fsp3) is 0.375. The van der Waals surface area contributed by atoms with Crippen LogP contribution in [-0.2, 0) is 9.47 Å². The van der Waals surface area contributed by atoms with Gasteiger partial charge in [-0.25, -0.2) is 0 Å². The summed E-state index contributed by atoms with van der Waals surface area (Å²) in [5.74, 6) is 1.67. The van der Waals surface area contributed by atoms with Crippen LogP contribution >= 0.6 is 0 Å². The van der Waals surface area contributed by atoms with E-state index in [4.69, 9.17) is 18.9 Å². The maximum atomic E-state index is 5.61. The van der Waals surface area contributed by atoms with Crippen molar-refractivity contribution >= 4 is 10.8 Å². The first kappa shape index (κ1) is 14.6. The zero-order valence-corrected chi connectivity index (χ0v) is 11.9. The van der Waals surface area contributed by atoms with Gasteiger partial charge in [-0.2, -0.15) is 0 Å². The first-order valence-corrected chi connectivity index (χ1v) is 6.61. The first-order valence-electron chi connectivity index (χ1n) is 6.61. The van der Waals surface area contributed by atoms with E-state index in [9.17, 15) is 0 Å². The zero-order chi connectivity index (χ0) is 14.2. The van der Waals surface area contributed by atoms with Gasteiger partial charge in [0.2, 0.25) is 0 Å². The fourth-order valence-corrected chi connectivity index (χ4v) is 1.87. The van der Waals surface area contributed by atoms with Crippen molar-refractivity contribution < 1.29 is 18.9 Å². The predicted octanol–water partition coefficient (Wildman–Crippen LogP) is 2.89. The summed E-state index contributed by atoms with van der Waals surface area (Å²) in [7, 11) is 3.32. The van der Waals surface area contributed by atoms with Gasteiger partial charge in [-0.3, -0.25) is 0 Å². The molecule has 0 aliphatic rings. The molecule has 0 N–H and O–H groups in total. The summed E-state index contributed by atoms with van der Waals surface area (Å²) in [6.07, 6.45) is 0. The molecule has 0 unspecified atom stereocenters. The molecule has 0 radical (unpaired) electrons. The van der Waals surface area contributed by atoms with Crippen molar-refractivity contribution in [2.45, 2.75) is 0 Å². The van der Waals surface area contributed by atoms with Crippen LogP contribution in [0.3, 0.4) is 0 Å². The molecule has 20 heavy (non-hydrogen) atoms. The van der Waals surface area contributed by atoms with Gasteiger partial charge in [-0.05, 0) is 35.0 Å². The van der Waals surface area contributed by atoms with E-state index in [-0.39, 0.29) is 0 Å². The third-order valence-electron chi connectivity index (χ3n) is 2.90. The molecule has 0 fully saturated rings. The van der Waals surface area contributed by atoms with Crippen LogP contribution in [0, 0.1) is 0 Å². The Labute approximate surface area is 119 Å². The minimum atomic E-state index is 0.548. The highest BCUT2D eigenvalue weighted by molar-refractivity contribution is 5.85. The Morgan fingerprint density at radius 2 is 1.15 bits per heavy atom. The molecule has 0 amide bonds. The Bertz CT molecular complexity index is 494. The summed E-state index contributed by atoms with van der Waals surface area (Å²) in [5, 5.41) is 2.25. The number of fused-ring (bicyclic) bond motifs is 1. The summed E-state index contributed by atoms with van der Waals surface area (Å²) >= 11 is 0. The molecule has 2 aromatic rings. The average Bonchev–Trinajstić information content (AvgIpc) is 2.47. The molecule has 0 heterocycles. The minimum absolute atomic E-state index is 0.548. The van der Waals surface area contributed by atoms with Gasteiger partial charge >= 0.3 is 0 Å². The summed E-state index contributed by atoms with van der Waals surface area (Å²) in [6.45, 7) is 2.26. The smallest absolute Gasteiger partial charge is 0.120 e. The third-order valence-corrected chi connectivity index (χ3v) is 2.90. The van der Waals surface area contributed by atoms with E-state index in [1.54, 1.807) is 14.2 Å². The first-order chi connectivity index (χ1) is 9.83. The number of hydrogen-bond donors (Lipinski definition) is 0. The van der Waals surface area contributed by atoms with Gasteiger partial charge in [0.05, 0.1) is 13.2 Å². The lowest BCUT2D eigenvalue weighted by atomic mass is 10.1. The zero-order valence-electron chi connectivity index (χ0n) is 11.9. The number of methoxy groups -OCH3 is 2. The Hall–Kier alpha value is -1.78. The quantitative estimate of drug-likeness (QED) is 0.695. The monoisotopic (exact) mass is 276 g/mol. The Balaban J connectivity index is 2.08. The van der Waals surface area contributed by atoms with Gasteiger partial charge in [-0.1, -0.05) is 12.1 Å². The molecule has 0 bridgehead atoms. The summed E-state index contributed by atoms with van der Waals surface area (Å²) in [4.78, 5) is 0. The molecule has 0 saturated heterocycles. The van der Waals surface area contributed by atoms with Crippen LogP contribution < -0.4 is 9.47 Å². The molecule has 0 aliphatic heterocycles. The SMILES string of the molecule is COCCOc1ccc2ccc(OCCOC)cc2c1. The van der Waals surface area contributed by atoms with Gasteiger partial charge in [0.25, 0.3) is 0 Å². The molecule has 2 rings (SSSR count). The van der Waals surface area contributed by atoms with Crippen LogP contribution in [0.4, 0.5) is 0 Å². The second-order valence-corrected chi connectivity index (χ2v) is 4.35. The highest BCUT2D eigenvalue weighted by atomic mass is 16.5. The maximum absolute atomic E-state index is 5.61. The molecule has 0 aliphatic carbocycles.